The topological polar surface area (TPSA) is 29.5 Å². The number of anilines is 1. The van der Waals surface area contributed by atoms with Crippen LogP contribution in [0, 0.1) is 0 Å². The second-order valence-electron chi connectivity index (χ2n) is 7.37. The molecule has 1 aliphatic heterocycles. The number of carbonyl (C=O) groups is 1. The van der Waals surface area contributed by atoms with Gasteiger partial charge in [0, 0.05) is 12.1 Å². The van der Waals surface area contributed by atoms with Gasteiger partial charge in [0.25, 0.3) is 0 Å². The van der Waals surface area contributed by atoms with E-state index in [1.54, 1.807) is 0 Å². The van der Waals surface area contributed by atoms with Gasteiger partial charge in [-0.3, -0.25) is 4.79 Å². The maximum atomic E-state index is 11.9. The van der Waals surface area contributed by atoms with E-state index in [0.29, 0.717) is 18.7 Å². The van der Waals surface area contributed by atoms with Crippen molar-refractivity contribution >= 4 is 28.2 Å². The first-order chi connectivity index (χ1) is 9.71. The normalized spacial score (nSPS) is 18.9. The van der Waals surface area contributed by atoms with Gasteiger partial charge in [0.05, 0.1) is 6.54 Å². The SMILES string of the molecule is CC(C)(C)[Si](C)(C)OC1CCC(=O)CN1c1ccccc1.[BH4-].[Na+]. The third-order valence-corrected chi connectivity index (χ3v) is 9.16. The molecule has 0 amide bonds. The van der Waals surface area contributed by atoms with Crippen LogP contribution in [-0.2, 0) is 9.22 Å². The van der Waals surface area contributed by atoms with Gasteiger partial charge >= 0.3 is 29.6 Å². The van der Waals surface area contributed by atoms with Gasteiger partial charge in [-0.1, -0.05) is 47.4 Å². The molecule has 0 aliphatic carbocycles. The molecule has 1 saturated heterocycles. The van der Waals surface area contributed by atoms with Gasteiger partial charge < -0.3 is 9.33 Å². The zero-order chi connectivity index (χ0) is 15.7. The molecule has 1 heterocycles. The molecule has 3 nitrogen and oxygen atoms in total. The van der Waals surface area contributed by atoms with E-state index in [1.165, 1.54) is 0 Å². The summed E-state index contributed by atoms with van der Waals surface area (Å²) in [4.78, 5) is 14.0. The zero-order valence-corrected chi connectivity index (χ0v) is 17.8. The summed E-state index contributed by atoms with van der Waals surface area (Å²) >= 11 is 0. The molecule has 1 unspecified atom stereocenters. The molecule has 1 fully saturated rings. The molecule has 0 spiro atoms. The minimum atomic E-state index is -1.84. The van der Waals surface area contributed by atoms with Crippen molar-refractivity contribution in [2.75, 3.05) is 11.4 Å². The number of nitrogens with zero attached hydrogens (tertiary/aromatic N) is 1. The summed E-state index contributed by atoms with van der Waals surface area (Å²) in [5.74, 6) is 0.300. The van der Waals surface area contributed by atoms with Gasteiger partial charge in [0.1, 0.15) is 6.23 Å². The predicted molar refractivity (Wildman–Crippen MR) is 101 cm³/mol. The summed E-state index contributed by atoms with van der Waals surface area (Å²) in [5, 5.41) is 0.177. The Balaban J connectivity index is 0.00000242. The number of hydrogen-bond acceptors (Lipinski definition) is 3. The predicted octanol–water partition coefficient (Wildman–Crippen LogP) is -0.244. The van der Waals surface area contributed by atoms with E-state index in [0.717, 1.165) is 12.1 Å². The van der Waals surface area contributed by atoms with Crippen LogP contribution in [0.1, 0.15) is 33.6 Å². The Bertz CT molecular complexity index is 505. The fourth-order valence-corrected chi connectivity index (χ4v) is 3.61. The van der Waals surface area contributed by atoms with Crippen LogP contribution in [0.3, 0.4) is 0 Å². The smallest absolute Gasteiger partial charge is 0.397 e. The number of Topliss-reactive ketones (excluding diaryl/α,β-unsaturated/α-hetero) is 1. The van der Waals surface area contributed by atoms with Crippen LogP contribution in [0.15, 0.2) is 30.3 Å². The largest absolute Gasteiger partial charge is 1.00 e. The first kappa shape index (κ1) is 22.9. The Hall–Kier alpha value is -0.0682. The molecular weight excluding hydrogens is 312 g/mol. The van der Waals surface area contributed by atoms with E-state index in [-0.39, 0.29) is 49.2 Å². The number of carbonyl (C=O) groups excluding carboxylic acids is 1. The van der Waals surface area contributed by atoms with Crippen molar-refractivity contribution in [1.82, 2.24) is 0 Å². The van der Waals surface area contributed by atoms with Gasteiger partial charge in [0.2, 0.25) is 0 Å². The van der Waals surface area contributed by atoms with Crippen LogP contribution in [0.5, 0.6) is 0 Å². The van der Waals surface area contributed by atoms with E-state index in [9.17, 15) is 4.79 Å². The molecule has 2 rings (SSSR count). The summed E-state index contributed by atoms with van der Waals surface area (Å²) in [6.45, 7) is 11.8. The van der Waals surface area contributed by atoms with Crippen LogP contribution < -0.4 is 34.5 Å². The molecule has 0 saturated carbocycles. The summed E-state index contributed by atoms with van der Waals surface area (Å²) < 4.78 is 6.57. The van der Waals surface area contributed by atoms with E-state index < -0.39 is 8.32 Å². The first-order valence-corrected chi connectivity index (χ1v) is 10.6. The number of benzene rings is 1. The second kappa shape index (κ2) is 8.86. The average molecular weight is 343 g/mol. The number of piperidine rings is 1. The van der Waals surface area contributed by atoms with Gasteiger partial charge in [-0.25, -0.2) is 0 Å². The summed E-state index contributed by atoms with van der Waals surface area (Å²) in [6, 6.07) is 10.1. The summed E-state index contributed by atoms with van der Waals surface area (Å²) in [6.07, 6.45) is 1.44. The maximum Gasteiger partial charge on any atom is 1.00 e. The average Bonchev–Trinajstić information content (AvgIpc) is 2.40. The van der Waals surface area contributed by atoms with Crippen molar-refractivity contribution in [2.24, 2.45) is 0 Å². The van der Waals surface area contributed by atoms with Crippen LogP contribution in [0.25, 0.3) is 0 Å². The first-order valence-electron chi connectivity index (χ1n) is 7.72. The Morgan fingerprint density at radius 1 is 1.17 bits per heavy atom. The Kier molecular flexibility index (Phi) is 8.83. The molecule has 0 bridgehead atoms. The molecule has 23 heavy (non-hydrogen) atoms. The monoisotopic (exact) mass is 343 g/mol. The van der Waals surface area contributed by atoms with Crippen molar-refractivity contribution in [2.45, 2.75) is 58.0 Å². The Labute approximate surface area is 166 Å². The number of para-hydroxylation sites is 1. The minimum Gasteiger partial charge on any atom is -0.397 e. The van der Waals surface area contributed by atoms with Gasteiger partial charge in [-0.2, -0.15) is 0 Å². The van der Waals surface area contributed by atoms with E-state index >= 15 is 0 Å². The van der Waals surface area contributed by atoms with Crippen LogP contribution >= 0.6 is 0 Å². The van der Waals surface area contributed by atoms with Crippen molar-refractivity contribution in [3.05, 3.63) is 30.3 Å². The quantitative estimate of drug-likeness (QED) is 0.710. The van der Waals surface area contributed by atoms with E-state index in [2.05, 4.69) is 50.9 Å². The minimum absolute atomic E-state index is 0. The van der Waals surface area contributed by atoms with Crippen molar-refractivity contribution in [1.29, 1.82) is 0 Å². The fraction of sp³-hybridized carbons (Fsp3) is 0.588. The third-order valence-electron chi connectivity index (χ3n) is 4.69. The summed E-state index contributed by atoms with van der Waals surface area (Å²) in [5.41, 5.74) is 1.08. The number of ketones is 1. The molecule has 1 atom stereocenters. The van der Waals surface area contributed by atoms with Crippen molar-refractivity contribution < 1.29 is 38.8 Å². The molecule has 6 heteroatoms. The molecule has 1 aromatic carbocycles. The molecule has 124 valence electrons. The Morgan fingerprint density at radius 3 is 2.26 bits per heavy atom. The van der Waals surface area contributed by atoms with E-state index in [4.69, 9.17) is 4.43 Å². The van der Waals surface area contributed by atoms with Crippen LogP contribution in [-0.4, -0.2) is 35.3 Å². The molecule has 0 N–H and O–H groups in total. The second-order valence-corrected chi connectivity index (χ2v) is 12.1. The fourth-order valence-electron chi connectivity index (χ4n) is 2.33. The van der Waals surface area contributed by atoms with Crippen LogP contribution in [0.2, 0.25) is 18.1 Å². The maximum absolute atomic E-state index is 11.9. The van der Waals surface area contributed by atoms with Gasteiger partial charge in [-0.05, 0) is 36.7 Å². The summed E-state index contributed by atoms with van der Waals surface area (Å²) in [7, 11) is -1.84. The van der Waals surface area contributed by atoms with Gasteiger partial charge in [-0.15, -0.1) is 0 Å². The van der Waals surface area contributed by atoms with Crippen molar-refractivity contribution in [3.8, 4) is 0 Å². The Morgan fingerprint density at radius 2 is 1.74 bits per heavy atom. The third kappa shape index (κ3) is 5.75. The van der Waals surface area contributed by atoms with Gasteiger partial charge in [0.15, 0.2) is 14.1 Å². The number of rotatable bonds is 3. The molecule has 1 aromatic rings. The molecule has 0 radical (unpaired) electrons. The molecule has 0 aromatic heterocycles. The zero-order valence-electron chi connectivity index (χ0n) is 14.8. The van der Waals surface area contributed by atoms with Crippen LogP contribution in [0.4, 0.5) is 5.69 Å². The molecule has 1 aliphatic rings. The standard InChI is InChI=1S/C17H27NO2Si.BH4.Na/c1-17(2,3)21(4,5)20-16-12-11-15(19)13-18(16)14-9-7-6-8-10-14;;/h6-10,16H,11-13H2,1-5H3;1H4;/q;-1;+1. The number of hydrogen-bond donors (Lipinski definition) is 0. The van der Waals surface area contributed by atoms with E-state index in [1.807, 2.05) is 18.2 Å². The van der Waals surface area contributed by atoms with Crippen molar-refractivity contribution in [3.63, 3.8) is 0 Å². The molecular formula is C17H31BNNaO2Si.